The number of Topliss-reactive ketones (excluding diaryl/α,β-unsaturated/α-hetero) is 1. The van der Waals surface area contributed by atoms with Crippen LogP contribution in [-0.4, -0.2) is 23.3 Å². The fourth-order valence-corrected chi connectivity index (χ4v) is 4.49. The largest absolute Gasteiger partial charge is 0.375 e. The van der Waals surface area contributed by atoms with Crippen LogP contribution in [0.1, 0.15) is 27.9 Å². The highest BCUT2D eigenvalue weighted by atomic mass is 127. The predicted molar refractivity (Wildman–Crippen MR) is 129 cm³/mol. The average Bonchev–Trinajstić information content (AvgIpc) is 2.94. The van der Waals surface area contributed by atoms with E-state index in [2.05, 4.69) is 38.5 Å². The third-order valence-corrected chi connectivity index (χ3v) is 6.56. The van der Waals surface area contributed by atoms with Crippen molar-refractivity contribution in [1.29, 1.82) is 0 Å². The smallest absolute Gasteiger partial charge is 0.264 e. The molecule has 3 aromatic carbocycles. The molecule has 0 aromatic heterocycles. The number of fused-ring (bicyclic) bond motifs is 1. The molecular weight excluding hydrogens is 557 g/mol. The predicted octanol–water partition coefficient (Wildman–Crippen LogP) is 5.10. The molecular formula is C24H19BrINO3. The zero-order valence-corrected chi connectivity index (χ0v) is 19.8. The van der Waals surface area contributed by atoms with Gasteiger partial charge in [0.25, 0.3) is 5.91 Å². The van der Waals surface area contributed by atoms with Crippen LogP contribution in [-0.2, 0) is 16.8 Å². The number of carbonyl (C=O) groups is 2. The summed E-state index contributed by atoms with van der Waals surface area (Å²) < 4.78 is 1.76. The van der Waals surface area contributed by atoms with Gasteiger partial charge in [-0.2, -0.15) is 0 Å². The fourth-order valence-electron chi connectivity index (χ4n) is 3.77. The molecule has 1 aliphatic rings. The molecule has 6 heteroatoms. The maximum atomic E-state index is 13.3. The Hall–Kier alpha value is -2.03. The highest BCUT2D eigenvalue weighted by molar-refractivity contribution is 14.1. The number of hydrogen-bond donors (Lipinski definition) is 1. The van der Waals surface area contributed by atoms with Crippen molar-refractivity contribution in [2.45, 2.75) is 18.4 Å². The third kappa shape index (κ3) is 4.08. The fraction of sp³-hybridized carbons (Fsp3) is 0.167. The first kappa shape index (κ1) is 21.2. The number of rotatable bonds is 6. The van der Waals surface area contributed by atoms with Gasteiger partial charge in [0.05, 0.1) is 12.1 Å². The number of hydrogen-bond acceptors (Lipinski definition) is 3. The lowest BCUT2D eigenvalue weighted by atomic mass is 9.88. The molecule has 152 valence electrons. The molecule has 1 heterocycles. The molecule has 1 aliphatic heterocycles. The number of anilines is 1. The highest BCUT2D eigenvalue weighted by Gasteiger charge is 2.50. The summed E-state index contributed by atoms with van der Waals surface area (Å²) in [6.45, 7) is 0.428. The minimum Gasteiger partial charge on any atom is -0.375 e. The number of ketones is 1. The number of nitrogens with zero attached hydrogens (tertiary/aromatic N) is 1. The first-order chi connectivity index (χ1) is 14.4. The minimum atomic E-state index is -1.88. The maximum Gasteiger partial charge on any atom is 0.264 e. The van der Waals surface area contributed by atoms with Gasteiger partial charge in [-0.15, -0.1) is 0 Å². The normalized spacial score (nSPS) is 17.8. The van der Waals surface area contributed by atoms with Gasteiger partial charge in [0.1, 0.15) is 0 Å². The molecule has 1 amide bonds. The molecule has 0 fully saturated rings. The second kappa shape index (κ2) is 8.61. The van der Waals surface area contributed by atoms with Crippen molar-refractivity contribution in [3.05, 3.63) is 97.5 Å². The van der Waals surface area contributed by atoms with Crippen molar-refractivity contribution in [1.82, 2.24) is 0 Å². The van der Waals surface area contributed by atoms with E-state index in [-0.39, 0.29) is 12.2 Å². The molecule has 30 heavy (non-hydrogen) atoms. The van der Waals surface area contributed by atoms with Crippen molar-refractivity contribution in [3.8, 4) is 0 Å². The molecule has 0 spiro atoms. The zero-order valence-electron chi connectivity index (χ0n) is 16.0. The molecule has 0 saturated carbocycles. The van der Waals surface area contributed by atoms with Crippen LogP contribution >= 0.6 is 38.5 Å². The van der Waals surface area contributed by atoms with Crippen LogP contribution < -0.4 is 4.90 Å². The second-order valence-corrected chi connectivity index (χ2v) is 9.48. The van der Waals surface area contributed by atoms with Gasteiger partial charge in [0.15, 0.2) is 11.4 Å². The third-order valence-electron chi connectivity index (χ3n) is 5.34. The van der Waals surface area contributed by atoms with Crippen molar-refractivity contribution in [3.63, 3.8) is 0 Å². The van der Waals surface area contributed by atoms with Gasteiger partial charge in [-0.1, -0.05) is 58.4 Å². The van der Waals surface area contributed by atoms with Gasteiger partial charge in [-0.3, -0.25) is 9.59 Å². The van der Waals surface area contributed by atoms with Crippen molar-refractivity contribution < 1.29 is 14.7 Å². The molecule has 0 radical (unpaired) electrons. The summed E-state index contributed by atoms with van der Waals surface area (Å²) in [5.41, 5.74) is 0.826. The standard InChI is InChI=1S/C24H19BrINO3/c25-18-8-11-21-20(14-18)24(30,15-22(28)17-6-9-19(26)10-7-17)23(29)27(21)13-12-16-4-2-1-3-5-16/h1-11,14,30H,12-13,15H2/t24-/m1/s1. The van der Waals surface area contributed by atoms with E-state index >= 15 is 0 Å². The Kier molecular flexibility index (Phi) is 6.09. The zero-order chi connectivity index (χ0) is 21.3. The van der Waals surface area contributed by atoms with Crippen molar-refractivity contribution in [2.75, 3.05) is 11.4 Å². The first-order valence-corrected chi connectivity index (χ1v) is 11.4. The monoisotopic (exact) mass is 575 g/mol. The van der Waals surface area contributed by atoms with E-state index in [1.165, 1.54) is 0 Å². The molecule has 1 N–H and O–H groups in total. The number of carbonyl (C=O) groups excluding carboxylic acids is 2. The number of amides is 1. The minimum absolute atomic E-state index is 0.266. The topological polar surface area (TPSA) is 57.6 Å². The average molecular weight is 576 g/mol. The Morgan fingerprint density at radius 3 is 2.43 bits per heavy atom. The van der Waals surface area contributed by atoms with Crippen LogP contribution in [0.3, 0.4) is 0 Å². The quantitative estimate of drug-likeness (QED) is 0.328. The van der Waals surface area contributed by atoms with Gasteiger partial charge >= 0.3 is 0 Å². The molecule has 4 nitrogen and oxygen atoms in total. The van der Waals surface area contributed by atoms with E-state index in [1.807, 2.05) is 54.6 Å². The Morgan fingerprint density at radius 2 is 1.73 bits per heavy atom. The van der Waals surface area contributed by atoms with Crippen molar-refractivity contribution >= 4 is 55.9 Å². The number of aliphatic hydroxyl groups is 1. The Bertz CT molecular complexity index is 1100. The molecule has 0 unspecified atom stereocenters. The summed E-state index contributed by atoms with van der Waals surface area (Å²) in [5, 5.41) is 11.5. The first-order valence-electron chi connectivity index (χ1n) is 9.55. The van der Waals surface area contributed by atoms with Gasteiger partial charge in [-0.05, 0) is 64.9 Å². The van der Waals surface area contributed by atoms with E-state index in [0.29, 0.717) is 29.8 Å². The van der Waals surface area contributed by atoms with Gasteiger partial charge in [0.2, 0.25) is 0 Å². The highest BCUT2D eigenvalue weighted by Crippen LogP contribution is 2.44. The molecule has 0 aliphatic carbocycles. The van der Waals surface area contributed by atoms with Crippen LogP contribution in [0, 0.1) is 3.57 Å². The van der Waals surface area contributed by atoms with Gasteiger partial charge in [-0.25, -0.2) is 0 Å². The molecule has 4 rings (SSSR count). The SMILES string of the molecule is O=C(C[C@]1(O)C(=O)N(CCc2ccccc2)c2ccc(Br)cc21)c1ccc(I)cc1. The summed E-state index contributed by atoms with van der Waals surface area (Å²) in [7, 11) is 0. The van der Waals surface area contributed by atoms with Crippen LogP contribution in [0.4, 0.5) is 5.69 Å². The van der Waals surface area contributed by atoms with E-state index in [0.717, 1.165) is 13.6 Å². The lowest BCUT2D eigenvalue weighted by molar-refractivity contribution is -0.135. The Balaban J connectivity index is 1.64. The van der Waals surface area contributed by atoms with Gasteiger partial charge in [0, 0.05) is 25.7 Å². The number of halogens is 2. The van der Waals surface area contributed by atoms with Crippen LogP contribution in [0.15, 0.2) is 77.3 Å². The van der Waals surface area contributed by atoms with E-state index in [9.17, 15) is 14.7 Å². The summed E-state index contributed by atoms with van der Waals surface area (Å²) in [6, 6.07) is 22.4. The van der Waals surface area contributed by atoms with E-state index in [1.54, 1.807) is 23.1 Å². The van der Waals surface area contributed by atoms with Gasteiger partial charge < -0.3 is 10.0 Å². The van der Waals surface area contributed by atoms with Crippen molar-refractivity contribution in [2.24, 2.45) is 0 Å². The summed E-state index contributed by atoms with van der Waals surface area (Å²) >= 11 is 5.59. The Morgan fingerprint density at radius 1 is 1.03 bits per heavy atom. The summed E-state index contributed by atoms with van der Waals surface area (Å²) in [6.07, 6.45) is 0.362. The molecule has 1 atom stereocenters. The lowest BCUT2D eigenvalue weighted by Gasteiger charge is -2.23. The van der Waals surface area contributed by atoms with Crippen LogP contribution in [0.25, 0.3) is 0 Å². The van der Waals surface area contributed by atoms with E-state index < -0.39 is 11.5 Å². The summed E-state index contributed by atoms with van der Waals surface area (Å²) in [5.74, 6) is -0.719. The molecule has 3 aromatic rings. The van der Waals surface area contributed by atoms with Crippen LogP contribution in [0.5, 0.6) is 0 Å². The van der Waals surface area contributed by atoms with E-state index in [4.69, 9.17) is 0 Å². The summed E-state index contributed by atoms with van der Waals surface area (Å²) in [4.78, 5) is 27.8. The lowest BCUT2D eigenvalue weighted by Crippen LogP contribution is -2.42. The van der Waals surface area contributed by atoms with Crippen LogP contribution in [0.2, 0.25) is 0 Å². The Labute approximate surface area is 197 Å². The number of benzene rings is 3. The maximum absolute atomic E-state index is 13.3. The molecule has 0 bridgehead atoms. The second-order valence-electron chi connectivity index (χ2n) is 7.32. The molecule has 0 saturated heterocycles.